The van der Waals surface area contributed by atoms with Crippen molar-refractivity contribution in [2.75, 3.05) is 0 Å². The third-order valence-electron chi connectivity index (χ3n) is 7.00. The Bertz CT molecular complexity index is 808. The molecule has 5 rings (SSSR count). The van der Waals surface area contributed by atoms with Gasteiger partial charge in [-0.3, -0.25) is 20.4 Å². The molecule has 0 radical (unpaired) electrons. The highest BCUT2D eigenvalue weighted by atomic mass is 79.9. The van der Waals surface area contributed by atoms with Gasteiger partial charge in [-0.15, -0.1) is 0 Å². The van der Waals surface area contributed by atoms with Crippen LogP contribution in [0.1, 0.15) is 63.0 Å². The van der Waals surface area contributed by atoms with E-state index in [4.69, 9.17) is 5.73 Å². The molecular weight excluding hydrogens is 448 g/mol. The molecule has 8 heteroatoms. The maximum Gasteiger partial charge on any atom is 0.312 e. The van der Waals surface area contributed by atoms with E-state index in [-0.39, 0.29) is 23.7 Å². The summed E-state index contributed by atoms with van der Waals surface area (Å²) in [5, 5.41) is 2.59. The lowest BCUT2D eigenvalue weighted by atomic mass is 9.49. The van der Waals surface area contributed by atoms with Crippen LogP contribution in [0, 0.1) is 23.2 Å². The molecule has 4 amide bonds. The SMILES string of the molecule is NC(=O)NC(CC(=O)NNC(=O)CC12CC3CC(CC(C3)C1)C2)c1cccc(Br)c1. The van der Waals surface area contributed by atoms with E-state index in [2.05, 4.69) is 32.1 Å². The van der Waals surface area contributed by atoms with E-state index in [0.717, 1.165) is 47.1 Å². The number of hydrogen-bond acceptors (Lipinski definition) is 3. The summed E-state index contributed by atoms with van der Waals surface area (Å²) in [6, 6.07) is 6.01. The molecule has 0 heterocycles. The van der Waals surface area contributed by atoms with Gasteiger partial charge in [0.25, 0.3) is 0 Å². The first-order chi connectivity index (χ1) is 14.3. The highest BCUT2D eigenvalue weighted by Gasteiger charge is 2.51. The summed E-state index contributed by atoms with van der Waals surface area (Å²) in [5.74, 6) is 1.83. The Hall–Kier alpha value is -2.09. The van der Waals surface area contributed by atoms with Crippen molar-refractivity contribution in [1.82, 2.24) is 16.2 Å². The summed E-state index contributed by atoms with van der Waals surface area (Å²) in [5.41, 5.74) is 11.2. The largest absolute Gasteiger partial charge is 0.352 e. The minimum absolute atomic E-state index is 0.0307. The zero-order chi connectivity index (χ0) is 21.3. The van der Waals surface area contributed by atoms with Crippen molar-refractivity contribution in [1.29, 1.82) is 0 Å². The Kier molecular flexibility index (Phi) is 6.04. The summed E-state index contributed by atoms with van der Waals surface area (Å²) < 4.78 is 0.834. The van der Waals surface area contributed by atoms with E-state index >= 15 is 0 Å². The van der Waals surface area contributed by atoms with Crippen molar-refractivity contribution in [3.8, 4) is 0 Å². The molecule has 0 spiro atoms. The number of carbonyl (C=O) groups excluding carboxylic acids is 3. The molecule has 1 aromatic carbocycles. The number of hydrazine groups is 1. The summed E-state index contributed by atoms with van der Waals surface area (Å²) in [6.45, 7) is 0. The summed E-state index contributed by atoms with van der Waals surface area (Å²) in [4.78, 5) is 36.4. The van der Waals surface area contributed by atoms with E-state index in [0.29, 0.717) is 6.42 Å². The summed E-state index contributed by atoms with van der Waals surface area (Å²) in [6.07, 6.45) is 7.89. The maximum atomic E-state index is 12.6. The number of primary amides is 1. The van der Waals surface area contributed by atoms with Crippen LogP contribution >= 0.6 is 15.9 Å². The lowest BCUT2D eigenvalue weighted by Gasteiger charge is -2.56. The van der Waals surface area contributed by atoms with E-state index in [1.54, 1.807) is 0 Å². The second-order valence-corrected chi connectivity index (χ2v) is 10.4. The monoisotopic (exact) mass is 476 g/mol. The molecule has 0 aliphatic heterocycles. The van der Waals surface area contributed by atoms with Gasteiger partial charge in [-0.1, -0.05) is 28.1 Å². The van der Waals surface area contributed by atoms with Crippen LogP contribution in [0.25, 0.3) is 0 Å². The van der Waals surface area contributed by atoms with Gasteiger partial charge >= 0.3 is 6.03 Å². The van der Waals surface area contributed by atoms with Crippen LogP contribution in [0.15, 0.2) is 28.7 Å². The van der Waals surface area contributed by atoms with E-state index in [1.165, 1.54) is 19.3 Å². The highest BCUT2D eigenvalue weighted by Crippen LogP contribution is 2.61. The van der Waals surface area contributed by atoms with Crippen LogP contribution in [0.3, 0.4) is 0 Å². The Balaban J connectivity index is 1.30. The number of benzene rings is 1. The first-order valence-electron chi connectivity index (χ1n) is 10.7. The van der Waals surface area contributed by atoms with E-state index in [1.807, 2.05) is 24.3 Å². The number of amides is 4. The topological polar surface area (TPSA) is 113 Å². The molecule has 5 N–H and O–H groups in total. The van der Waals surface area contributed by atoms with Crippen LogP contribution in [-0.2, 0) is 9.59 Å². The average Bonchev–Trinajstić information content (AvgIpc) is 2.64. The third kappa shape index (κ3) is 4.96. The second-order valence-electron chi connectivity index (χ2n) is 9.51. The van der Waals surface area contributed by atoms with Gasteiger partial charge in [-0.2, -0.15) is 0 Å². The van der Waals surface area contributed by atoms with Gasteiger partial charge in [0.05, 0.1) is 12.5 Å². The van der Waals surface area contributed by atoms with Crippen molar-refractivity contribution in [3.05, 3.63) is 34.3 Å². The van der Waals surface area contributed by atoms with Crippen molar-refractivity contribution in [2.45, 2.75) is 57.4 Å². The third-order valence-corrected chi connectivity index (χ3v) is 7.49. The molecule has 4 saturated carbocycles. The lowest BCUT2D eigenvalue weighted by molar-refractivity contribution is -0.134. The van der Waals surface area contributed by atoms with Crippen molar-refractivity contribution >= 4 is 33.8 Å². The van der Waals surface area contributed by atoms with Gasteiger partial charge in [0, 0.05) is 10.9 Å². The predicted octanol–water partition coefficient (Wildman–Crippen LogP) is 3.30. The highest BCUT2D eigenvalue weighted by molar-refractivity contribution is 9.10. The Morgan fingerprint density at radius 3 is 2.20 bits per heavy atom. The summed E-state index contributed by atoms with van der Waals surface area (Å²) >= 11 is 3.39. The Morgan fingerprint density at radius 2 is 1.63 bits per heavy atom. The number of halogens is 1. The van der Waals surface area contributed by atoms with Gasteiger partial charge in [0.15, 0.2) is 0 Å². The number of nitrogens with two attached hydrogens (primary N) is 1. The van der Waals surface area contributed by atoms with Gasteiger partial charge in [0.2, 0.25) is 11.8 Å². The first-order valence-corrected chi connectivity index (χ1v) is 11.5. The van der Waals surface area contributed by atoms with E-state index in [9.17, 15) is 14.4 Å². The van der Waals surface area contributed by atoms with Crippen molar-refractivity contribution in [2.24, 2.45) is 28.9 Å². The normalized spacial score (nSPS) is 29.8. The number of hydrogen-bond donors (Lipinski definition) is 4. The van der Waals surface area contributed by atoms with Crippen LogP contribution in [0.4, 0.5) is 4.79 Å². The zero-order valence-corrected chi connectivity index (χ0v) is 18.5. The number of rotatable bonds is 6. The fraction of sp³-hybridized carbons (Fsp3) is 0.591. The minimum Gasteiger partial charge on any atom is -0.352 e. The molecule has 1 atom stereocenters. The van der Waals surface area contributed by atoms with Crippen LogP contribution in [-0.4, -0.2) is 17.8 Å². The molecule has 4 bridgehead atoms. The molecule has 1 unspecified atom stereocenters. The van der Waals surface area contributed by atoms with Crippen LogP contribution in [0.5, 0.6) is 0 Å². The number of carbonyl (C=O) groups is 3. The molecule has 7 nitrogen and oxygen atoms in total. The van der Waals surface area contributed by atoms with Crippen LogP contribution < -0.4 is 21.9 Å². The average molecular weight is 477 g/mol. The standard InChI is InChI=1S/C22H29BrN4O3/c23-17-3-1-2-16(7-17)18(25-21(24)30)8-19(28)26-27-20(29)12-22-9-13-4-14(10-22)6-15(5-13)11-22/h1-3,7,13-15,18H,4-6,8-12H2,(H,26,28)(H,27,29)(H3,24,25,30). The maximum absolute atomic E-state index is 12.6. The quantitative estimate of drug-likeness (QED) is 0.472. The molecular formula is C22H29BrN4O3. The fourth-order valence-electron chi connectivity index (χ4n) is 6.41. The van der Waals surface area contributed by atoms with Crippen molar-refractivity contribution in [3.63, 3.8) is 0 Å². The molecule has 4 aliphatic carbocycles. The molecule has 4 fully saturated rings. The lowest BCUT2D eigenvalue weighted by Crippen LogP contribution is -2.50. The molecule has 1 aromatic rings. The van der Waals surface area contributed by atoms with E-state index < -0.39 is 12.1 Å². The predicted molar refractivity (Wildman–Crippen MR) is 116 cm³/mol. The smallest absolute Gasteiger partial charge is 0.312 e. The molecule has 4 aliphatic rings. The Morgan fingerprint density at radius 1 is 1.03 bits per heavy atom. The number of nitrogens with one attached hydrogen (secondary N) is 3. The zero-order valence-electron chi connectivity index (χ0n) is 17.0. The number of urea groups is 1. The van der Waals surface area contributed by atoms with Gasteiger partial charge in [-0.25, -0.2) is 4.79 Å². The van der Waals surface area contributed by atoms with Gasteiger partial charge < -0.3 is 11.1 Å². The molecule has 30 heavy (non-hydrogen) atoms. The van der Waals surface area contributed by atoms with Crippen LogP contribution in [0.2, 0.25) is 0 Å². The molecule has 162 valence electrons. The molecule has 0 saturated heterocycles. The minimum atomic E-state index is -0.710. The fourth-order valence-corrected chi connectivity index (χ4v) is 6.83. The second kappa shape index (κ2) is 8.57. The molecule has 0 aromatic heterocycles. The Labute approximate surface area is 185 Å². The summed E-state index contributed by atoms with van der Waals surface area (Å²) in [7, 11) is 0. The van der Waals surface area contributed by atoms with Crippen molar-refractivity contribution < 1.29 is 14.4 Å². The van der Waals surface area contributed by atoms with Gasteiger partial charge in [-0.05, 0) is 79.4 Å². The first kappa shape index (κ1) is 21.2. The van der Waals surface area contributed by atoms with Gasteiger partial charge in [0.1, 0.15) is 0 Å².